The van der Waals surface area contributed by atoms with Crippen LogP contribution in [0.3, 0.4) is 0 Å². The summed E-state index contributed by atoms with van der Waals surface area (Å²) in [5.74, 6) is 0.476. The molecular formula is C24H30ClN3O2. The van der Waals surface area contributed by atoms with Gasteiger partial charge in [-0.15, -0.1) is 12.4 Å². The van der Waals surface area contributed by atoms with Gasteiger partial charge in [0.1, 0.15) is 6.04 Å². The van der Waals surface area contributed by atoms with Crippen LogP contribution in [0, 0.1) is 11.8 Å². The number of hydrogen-bond donors (Lipinski definition) is 3. The molecule has 2 aliphatic carbocycles. The van der Waals surface area contributed by atoms with E-state index in [2.05, 4.69) is 10.6 Å². The number of halogens is 1. The molecule has 0 spiro atoms. The van der Waals surface area contributed by atoms with Gasteiger partial charge in [0.05, 0.1) is 0 Å². The highest BCUT2D eigenvalue weighted by atomic mass is 35.5. The molecule has 3 unspecified atom stereocenters. The van der Waals surface area contributed by atoms with Crippen molar-refractivity contribution in [2.24, 2.45) is 17.6 Å². The molecule has 0 aromatic heterocycles. The largest absolute Gasteiger partial charge is 0.351 e. The van der Waals surface area contributed by atoms with E-state index in [1.165, 1.54) is 6.42 Å². The number of rotatable bonds is 5. The molecule has 2 aromatic rings. The molecule has 2 bridgehead atoms. The first kappa shape index (κ1) is 22.3. The fraction of sp³-hybridized carbons (Fsp3) is 0.417. The average molecular weight is 428 g/mol. The van der Waals surface area contributed by atoms with Gasteiger partial charge in [0, 0.05) is 17.6 Å². The maximum atomic E-state index is 13.3. The van der Waals surface area contributed by atoms with Gasteiger partial charge < -0.3 is 16.4 Å². The van der Waals surface area contributed by atoms with Gasteiger partial charge in [-0.2, -0.15) is 0 Å². The minimum absolute atomic E-state index is 0. The Morgan fingerprint density at radius 3 is 2.07 bits per heavy atom. The number of carbonyl (C=O) groups is 2. The van der Waals surface area contributed by atoms with Crippen LogP contribution in [0.4, 0.5) is 0 Å². The van der Waals surface area contributed by atoms with E-state index in [0.29, 0.717) is 17.4 Å². The van der Waals surface area contributed by atoms with Crippen molar-refractivity contribution < 1.29 is 9.59 Å². The van der Waals surface area contributed by atoms with Crippen molar-refractivity contribution in [3.05, 3.63) is 71.8 Å². The third-order valence-electron chi connectivity index (χ3n) is 6.39. The minimum atomic E-state index is -0.722. The highest BCUT2D eigenvalue weighted by Gasteiger charge is 2.40. The summed E-state index contributed by atoms with van der Waals surface area (Å²) in [6.07, 6.45) is 5.37. The van der Waals surface area contributed by atoms with Gasteiger partial charge in [-0.3, -0.25) is 9.59 Å². The quantitative estimate of drug-likeness (QED) is 0.681. The fourth-order valence-electron chi connectivity index (χ4n) is 5.02. The van der Waals surface area contributed by atoms with Crippen molar-refractivity contribution in [1.29, 1.82) is 0 Å². The molecule has 4 N–H and O–H groups in total. The molecule has 2 amide bonds. The lowest BCUT2D eigenvalue weighted by Gasteiger charge is -2.45. The Kier molecular flexibility index (Phi) is 7.51. The lowest BCUT2D eigenvalue weighted by atomic mass is 9.67. The van der Waals surface area contributed by atoms with Crippen molar-refractivity contribution in [3.63, 3.8) is 0 Å². The Balaban J connectivity index is 0.00000256. The van der Waals surface area contributed by atoms with Crippen LogP contribution in [0.2, 0.25) is 0 Å². The van der Waals surface area contributed by atoms with Crippen molar-refractivity contribution in [1.82, 2.24) is 10.6 Å². The lowest BCUT2D eigenvalue weighted by Crippen LogP contribution is -2.55. The van der Waals surface area contributed by atoms with E-state index in [0.717, 1.165) is 31.2 Å². The van der Waals surface area contributed by atoms with Crippen LogP contribution in [0.25, 0.3) is 0 Å². The summed E-state index contributed by atoms with van der Waals surface area (Å²) in [6, 6.07) is 18.1. The molecule has 0 aliphatic heterocycles. The van der Waals surface area contributed by atoms with Gasteiger partial charge in [0.15, 0.2) is 0 Å². The zero-order valence-corrected chi connectivity index (χ0v) is 17.8. The van der Waals surface area contributed by atoms with E-state index in [1.807, 2.05) is 48.5 Å². The second kappa shape index (κ2) is 10.1. The Morgan fingerprint density at radius 1 is 0.900 bits per heavy atom. The Morgan fingerprint density at radius 2 is 1.47 bits per heavy atom. The summed E-state index contributed by atoms with van der Waals surface area (Å²) in [6.45, 7) is 0. The van der Waals surface area contributed by atoms with Gasteiger partial charge in [-0.05, 0) is 55.2 Å². The van der Waals surface area contributed by atoms with Crippen LogP contribution in [-0.4, -0.2) is 23.9 Å². The molecule has 160 valence electrons. The molecule has 2 saturated carbocycles. The van der Waals surface area contributed by atoms with Crippen LogP contribution < -0.4 is 16.4 Å². The van der Waals surface area contributed by atoms with E-state index >= 15 is 0 Å². The average Bonchev–Trinajstić information content (AvgIpc) is 2.73. The minimum Gasteiger partial charge on any atom is -0.351 e. The number of fused-ring (bicyclic) bond motifs is 2. The second-order valence-corrected chi connectivity index (χ2v) is 8.40. The van der Waals surface area contributed by atoms with E-state index < -0.39 is 6.04 Å². The van der Waals surface area contributed by atoms with Crippen molar-refractivity contribution in [2.75, 3.05) is 0 Å². The number of carbonyl (C=O) groups excluding carboxylic acids is 2. The monoisotopic (exact) mass is 427 g/mol. The molecule has 2 aliphatic rings. The zero-order chi connectivity index (χ0) is 20.2. The highest BCUT2D eigenvalue weighted by molar-refractivity contribution is 5.97. The molecule has 6 heteroatoms. The first-order valence-electron chi connectivity index (χ1n) is 10.6. The lowest BCUT2D eigenvalue weighted by molar-refractivity contribution is -0.125. The summed E-state index contributed by atoms with van der Waals surface area (Å²) >= 11 is 0. The summed E-state index contributed by atoms with van der Waals surface area (Å²) in [7, 11) is 0. The molecule has 3 atom stereocenters. The number of hydrogen-bond acceptors (Lipinski definition) is 3. The molecule has 2 aromatic carbocycles. The molecule has 0 heterocycles. The number of amides is 2. The van der Waals surface area contributed by atoms with Gasteiger partial charge in [0.25, 0.3) is 5.91 Å². The summed E-state index contributed by atoms with van der Waals surface area (Å²) in [4.78, 5) is 26.1. The fourth-order valence-corrected chi connectivity index (χ4v) is 5.02. The van der Waals surface area contributed by atoms with E-state index in [1.54, 1.807) is 12.1 Å². The van der Waals surface area contributed by atoms with E-state index in [-0.39, 0.29) is 36.3 Å². The van der Waals surface area contributed by atoms with Crippen molar-refractivity contribution in [2.45, 2.75) is 50.2 Å². The van der Waals surface area contributed by atoms with Gasteiger partial charge in [-0.25, -0.2) is 0 Å². The highest BCUT2D eigenvalue weighted by Crippen LogP contribution is 2.39. The first-order valence-corrected chi connectivity index (χ1v) is 10.6. The normalized spacial score (nSPS) is 26.0. The van der Waals surface area contributed by atoms with Crippen molar-refractivity contribution in [3.8, 4) is 0 Å². The van der Waals surface area contributed by atoms with Crippen LogP contribution >= 0.6 is 12.4 Å². The number of benzene rings is 2. The van der Waals surface area contributed by atoms with Gasteiger partial charge >= 0.3 is 0 Å². The van der Waals surface area contributed by atoms with E-state index in [9.17, 15) is 9.59 Å². The Labute approximate surface area is 184 Å². The van der Waals surface area contributed by atoms with Gasteiger partial charge in [0.2, 0.25) is 5.91 Å². The number of nitrogens with one attached hydrogen (secondary N) is 2. The Bertz CT molecular complexity index is 832. The van der Waals surface area contributed by atoms with E-state index in [4.69, 9.17) is 5.73 Å². The SMILES string of the molecule is Cl.NC1CC2CCCC(C1)C2NC(=O)C(NC(=O)c1ccccc1)c1ccccc1. The van der Waals surface area contributed by atoms with Crippen molar-refractivity contribution >= 4 is 24.2 Å². The molecular weight excluding hydrogens is 398 g/mol. The third-order valence-corrected chi connectivity index (χ3v) is 6.39. The second-order valence-electron chi connectivity index (χ2n) is 8.40. The predicted molar refractivity (Wildman–Crippen MR) is 120 cm³/mol. The topological polar surface area (TPSA) is 84.2 Å². The van der Waals surface area contributed by atoms with Gasteiger partial charge in [-0.1, -0.05) is 55.0 Å². The molecule has 0 saturated heterocycles. The third kappa shape index (κ3) is 5.02. The first-order chi connectivity index (χ1) is 14.1. The maximum Gasteiger partial charge on any atom is 0.252 e. The number of nitrogens with two attached hydrogens (primary N) is 1. The molecule has 30 heavy (non-hydrogen) atoms. The Hall–Kier alpha value is -2.37. The van der Waals surface area contributed by atoms with Crippen LogP contribution in [-0.2, 0) is 4.79 Å². The smallest absolute Gasteiger partial charge is 0.252 e. The predicted octanol–water partition coefficient (Wildman–Crippen LogP) is 3.60. The van der Waals surface area contributed by atoms with Crippen LogP contribution in [0.1, 0.15) is 54.1 Å². The molecule has 4 rings (SSSR count). The molecule has 5 nitrogen and oxygen atoms in total. The summed E-state index contributed by atoms with van der Waals surface area (Å²) < 4.78 is 0. The maximum absolute atomic E-state index is 13.3. The zero-order valence-electron chi connectivity index (χ0n) is 17.0. The molecule has 2 fully saturated rings. The van der Waals surface area contributed by atoms with Crippen LogP contribution in [0.15, 0.2) is 60.7 Å². The standard InChI is InChI=1S/C24H29N3O2.ClH/c25-20-14-18-12-7-13-19(15-20)21(18)26-24(29)22(16-8-3-1-4-9-16)27-23(28)17-10-5-2-6-11-17;/h1-6,8-11,18-22H,7,12-15,25H2,(H,26,29)(H,27,28);1H. The summed E-state index contributed by atoms with van der Waals surface area (Å²) in [5.41, 5.74) is 7.56. The summed E-state index contributed by atoms with van der Waals surface area (Å²) in [5, 5.41) is 6.23. The molecule has 0 radical (unpaired) electrons. The van der Waals surface area contributed by atoms with Crippen LogP contribution in [0.5, 0.6) is 0 Å².